The van der Waals surface area contributed by atoms with E-state index in [-0.39, 0.29) is 30.3 Å². The Labute approximate surface area is 158 Å². The van der Waals surface area contributed by atoms with Crippen LogP contribution in [0, 0.1) is 11.8 Å². The summed E-state index contributed by atoms with van der Waals surface area (Å²) in [5.74, 6) is -0.376. The molecule has 3 aliphatic carbocycles. The van der Waals surface area contributed by atoms with E-state index in [1.807, 2.05) is 42.5 Å². The van der Waals surface area contributed by atoms with E-state index < -0.39 is 5.92 Å². The molecule has 3 aromatic carbocycles. The van der Waals surface area contributed by atoms with E-state index in [1.54, 1.807) is 12.1 Å². The fourth-order valence-electron chi connectivity index (χ4n) is 5.00. The largest absolute Gasteiger partial charge is 0.426 e. The first kappa shape index (κ1) is 16.3. The third-order valence-electron chi connectivity index (χ3n) is 6.03. The molecule has 3 aliphatic rings. The second-order valence-electron chi connectivity index (χ2n) is 7.32. The van der Waals surface area contributed by atoms with Crippen LogP contribution in [0.25, 0.3) is 0 Å². The SMILES string of the molecule is O=C(Oc1ccccc1)C1C2c3ccccc3C(c3ccccc32)C1CO. The van der Waals surface area contributed by atoms with E-state index >= 15 is 0 Å². The summed E-state index contributed by atoms with van der Waals surface area (Å²) in [6.45, 7) is -0.0433. The average molecular weight is 356 g/mol. The lowest BCUT2D eigenvalue weighted by molar-refractivity contribution is -0.143. The van der Waals surface area contributed by atoms with Crippen LogP contribution in [0.1, 0.15) is 34.1 Å². The highest BCUT2D eigenvalue weighted by Crippen LogP contribution is 2.58. The minimum absolute atomic E-state index is 0.0146. The molecule has 0 radical (unpaired) electrons. The van der Waals surface area contributed by atoms with Gasteiger partial charge in [-0.05, 0) is 34.4 Å². The molecule has 2 atom stereocenters. The van der Waals surface area contributed by atoms with Gasteiger partial charge in [-0.15, -0.1) is 0 Å². The van der Waals surface area contributed by atoms with Gasteiger partial charge in [0.2, 0.25) is 0 Å². The molecule has 0 saturated carbocycles. The van der Waals surface area contributed by atoms with Gasteiger partial charge < -0.3 is 9.84 Å². The number of hydrogen-bond donors (Lipinski definition) is 1. The number of carbonyl (C=O) groups excluding carboxylic acids is 1. The Balaban J connectivity index is 1.64. The number of rotatable bonds is 3. The van der Waals surface area contributed by atoms with Crippen molar-refractivity contribution in [1.82, 2.24) is 0 Å². The van der Waals surface area contributed by atoms with Gasteiger partial charge in [-0.25, -0.2) is 0 Å². The van der Waals surface area contributed by atoms with Crippen LogP contribution in [-0.2, 0) is 4.79 Å². The van der Waals surface area contributed by atoms with Gasteiger partial charge >= 0.3 is 5.97 Å². The van der Waals surface area contributed by atoms with E-state index in [0.29, 0.717) is 5.75 Å². The fraction of sp³-hybridized carbons (Fsp3) is 0.208. The van der Waals surface area contributed by atoms with Crippen molar-refractivity contribution in [1.29, 1.82) is 0 Å². The van der Waals surface area contributed by atoms with E-state index in [0.717, 1.165) is 0 Å². The maximum Gasteiger partial charge on any atom is 0.315 e. The van der Waals surface area contributed by atoms with Gasteiger partial charge in [0, 0.05) is 24.4 Å². The molecule has 0 aromatic heterocycles. The quantitative estimate of drug-likeness (QED) is 0.567. The number of hydrogen-bond acceptors (Lipinski definition) is 3. The van der Waals surface area contributed by atoms with Crippen LogP contribution in [0.5, 0.6) is 5.75 Å². The molecule has 6 rings (SSSR count). The number of fused-ring (bicyclic) bond motifs is 1. The van der Waals surface area contributed by atoms with Crippen LogP contribution >= 0.6 is 0 Å². The first-order valence-electron chi connectivity index (χ1n) is 9.35. The van der Waals surface area contributed by atoms with Crippen molar-refractivity contribution in [2.45, 2.75) is 11.8 Å². The van der Waals surface area contributed by atoms with Crippen molar-refractivity contribution in [3.05, 3.63) is 101 Å². The standard InChI is InChI=1S/C24H20O3/c25-14-20-21-16-10-4-6-12-18(16)22(19-13-7-5-11-17(19)21)23(20)24(26)27-15-8-2-1-3-9-15/h1-13,20-23,25H,14H2. The zero-order chi connectivity index (χ0) is 18.4. The van der Waals surface area contributed by atoms with Crippen molar-refractivity contribution >= 4 is 5.97 Å². The number of carbonyl (C=O) groups is 1. The van der Waals surface area contributed by atoms with Crippen molar-refractivity contribution in [3.63, 3.8) is 0 Å². The molecular weight excluding hydrogens is 336 g/mol. The molecule has 1 N–H and O–H groups in total. The zero-order valence-corrected chi connectivity index (χ0v) is 14.8. The number of aliphatic hydroxyl groups is 1. The average Bonchev–Trinajstić information content (AvgIpc) is 2.73. The maximum atomic E-state index is 13.2. The topological polar surface area (TPSA) is 46.5 Å². The van der Waals surface area contributed by atoms with Gasteiger partial charge in [-0.1, -0.05) is 66.7 Å². The predicted molar refractivity (Wildman–Crippen MR) is 103 cm³/mol. The second kappa shape index (κ2) is 6.36. The van der Waals surface area contributed by atoms with Crippen LogP contribution in [0.2, 0.25) is 0 Å². The molecular formula is C24H20O3. The third-order valence-corrected chi connectivity index (χ3v) is 6.03. The summed E-state index contributed by atoms with van der Waals surface area (Å²) in [6, 6.07) is 25.8. The zero-order valence-electron chi connectivity index (χ0n) is 14.8. The highest BCUT2D eigenvalue weighted by Gasteiger charge is 2.52. The van der Waals surface area contributed by atoms with Gasteiger partial charge in [0.1, 0.15) is 5.75 Å². The first-order chi connectivity index (χ1) is 13.3. The van der Waals surface area contributed by atoms with Gasteiger partial charge in [0.25, 0.3) is 0 Å². The Bertz CT molecular complexity index is 948. The molecule has 3 aromatic rings. The summed E-state index contributed by atoms with van der Waals surface area (Å²) in [6.07, 6.45) is 0. The van der Waals surface area contributed by atoms with Crippen molar-refractivity contribution in [2.24, 2.45) is 11.8 Å². The molecule has 3 heteroatoms. The fourth-order valence-corrected chi connectivity index (χ4v) is 5.00. The molecule has 0 aliphatic heterocycles. The van der Waals surface area contributed by atoms with Crippen LogP contribution in [-0.4, -0.2) is 17.7 Å². The van der Waals surface area contributed by atoms with Crippen LogP contribution in [0.15, 0.2) is 78.9 Å². The summed E-state index contributed by atoms with van der Waals surface area (Å²) in [5.41, 5.74) is 4.81. The molecule has 2 bridgehead atoms. The molecule has 27 heavy (non-hydrogen) atoms. The Morgan fingerprint density at radius 2 is 1.22 bits per heavy atom. The smallest absolute Gasteiger partial charge is 0.315 e. The van der Waals surface area contributed by atoms with Gasteiger partial charge in [-0.3, -0.25) is 4.79 Å². The van der Waals surface area contributed by atoms with Crippen molar-refractivity contribution < 1.29 is 14.6 Å². The number of esters is 1. The monoisotopic (exact) mass is 356 g/mol. The summed E-state index contributed by atoms with van der Waals surface area (Å²) in [4.78, 5) is 13.2. The molecule has 0 saturated heterocycles. The number of benzene rings is 3. The van der Waals surface area contributed by atoms with Gasteiger partial charge in [-0.2, -0.15) is 0 Å². The molecule has 2 unspecified atom stereocenters. The van der Waals surface area contributed by atoms with E-state index in [9.17, 15) is 9.90 Å². The maximum absolute atomic E-state index is 13.2. The Hall–Kier alpha value is -2.91. The minimum Gasteiger partial charge on any atom is -0.426 e. The lowest BCUT2D eigenvalue weighted by atomic mass is 9.54. The summed E-state index contributed by atoms with van der Waals surface area (Å²) < 4.78 is 5.72. The Morgan fingerprint density at radius 1 is 0.741 bits per heavy atom. The Kier molecular flexibility index (Phi) is 3.83. The summed E-state index contributed by atoms with van der Waals surface area (Å²) in [7, 11) is 0. The van der Waals surface area contributed by atoms with Crippen molar-refractivity contribution in [3.8, 4) is 5.75 Å². The molecule has 3 nitrogen and oxygen atoms in total. The van der Waals surface area contributed by atoms with E-state index in [1.165, 1.54) is 22.3 Å². The second-order valence-corrected chi connectivity index (χ2v) is 7.32. The van der Waals surface area contributed by atoms with Crippen LogP contribution in [0.4, 0.5) is 0 Å². The van der Waals surface area contributed by atoms with Crippen molar-refractivity contribution in [2.75, 3.05) is 6.61 Å². The van der Waals surface area contributed by atoms with Crippen LogP contribution < -0.4 is 4.74 Å². The van der Waals surface area contributed by atoms with E-state index in [4.69, 9.17) is 4.74 Å². The highest BCUT2D eigenvalue weighted by molar-refractivity contribution is 5.80. The predicted octanol–water partition coefficient (Wildman–Crippen LogP) is 4.11. The normalized spacial score (nSPS) is 24.8. The third kappa shape index (κ3) is 2.42. The first-order valence-corrected chi connectivity index (χ1v) is 9.35. The highest BCUT2D eigenvalue weighted by atomic mass is 16.5. The molecule has 0 spiro atoms. The van der Waals surface area contributed by atoms with Gasteiger partial charge in [0.15, 0.2) is 0 Å². The summed E-state index contributed by atoms with van der Waals surface area (Å²) >= 11 is 0. The lowest BCUT2D eigenvalue weighted by Gasteiger charge is -2.49. The molecule has 0 heterocycles. The lowest BCUT2D eigenvalue weighted by Crippen LogP contribution is -2.46. The van der Waals surface area contributed by atoms with E-state index in [2.05, 4.69) is 24.3 Å². The van der Waals surface area contributed by atoms with Crippen LogP contribution in [0.3, 0.4) is 0 Å². The minimum atomic E-state index is -0.398. The Morgan fingerprint density at radius 3 is 1.74 bits per heavy atom. The molecule has 134 valence electrons. The molecule has 0 fully saturated rings. The van der Waals surface area contributed by atoms with Gasteiger partial charge in [0.05, 0.1) is 5.92 Å². The number of para-hydroxylation sites is 1. The number of ether oxygens (including phenoxy) is 1. The molecule has 0 amide bonds. The summed E-state index contributed by atoms with van der Waals surface area (Å²) in [5, 5.41) is 10.2. The number of aliphatic hydroxyl groups excluding tert-OH is 1.